The van der Waals surface area contributed by atoms with Gasteiger partial charge in [0, 0.05) is 23.7 Å². The van der Waals surface area contributed by atoms with E-state index in [-0.39, 0.29) is 12.5 Å². The molecule has 0 radical (unpaired) electrons. The number of amides is 1. The number of piperidine rings is 1. The van der Waals surface area contributed by atoms with Gasteiger partial charge < -0.3 is 14.7 Å². The number of likely N-dealkylation sites (tertiary alicyclic amines) is 2. The average molecular weight is 409 g/mol. The fraction of sp³-hybridized carbons (Fsp3) is 0.682. The minimum atomic E-state index is -0.869. The van der Waals surface area contributed by atoms with Crippen molar-refractivity contribution in [3.63, 3.8) is 0 Å². The Labute approximate surface area is 173 Å². The van der Waals surface area contributed by atoms with Crippen molar-refractivity contribution < 1.29 is 14.6 Å². The summed E-state index contributed by atoms with van der Waals surface area (Å²) in [6.07, 6.45) is 5.53. The third-order valence-corrected chi connectivity index (χ3v) is 6.39. The van der Waals surface area contributed by atoms with Crippen LogP contribution in [-0.2, 0) is 4.79 Å². The van der Waals surface area contributed by atoms with Crippen molar-refractivity contribution in [3.05, 3.63) is 29.3 Å². The molecule has 6 heteroatoms. The molecule has 2 fully saturated rings. The molecule has 156 valence electrons. The molecule has 1 aromatic carbocycles. The number of hydrogen-bond donors (Lipinski definition) is 1. The molecule has 0 aromatic heterocycles. The fourth-order valence-electron chi connectivity index (χ4n) is 4.50. The monoisotopic (exact) mass is 408 g/mol. The molecule has 0 spiro atoms. The first-order valence-corrected chi connectivity index (χ1v) is 10.9. The Hall–Kier alpha value is -1.30. The van der Waals surface area contributed by atoms with Gasteiger partial charge in [-0.3, -0.25) is 9.69 Å². The molecule has 0 saturated carbocycles. The summed E-state index contributed by atoms with van der Waals surface area (Å²) < 4.78 is 5.80. The van der Waals surface area contributed by atoms with Crippen LogP contribution < -0.4 is 4.74 Å². The number of nitrogens with zero attached hydrogens (tertiary/aromatic N) is 2. The molecule has 3 atom stereocenters. The van der Waals surface area contributed by atoms with Crippen LogP contribution in [0, 0.1) is 0 Å². The van der Waals surface area contributed by atoms with Gasteiger partial charge in [0.15, 0.2) is 0 Å². The predicted octanol–water partition coefficient (Wildman–Crippen LogP) is 3.73. The first-order valence-electron chi connectivity index (χ1n) is 10.5. The van der Waals surface area contributed by atoms with Gasteiger partial charge in [0.1, 0.15) is 12.4 Å². The van der Waals surface area contributed by atoms with E-state index in [1.807, 2.05) is 12.1 Å². The van der Waals surface area contributed by atoms with E-state index in [9.17, 15) is 9.90 Å². The summed E-state index contributed by atoms with van der Waals surface area (Å²) in [6.45, 7) is 6.54. The topological polar surface area (TPSA) is 53.0 Å². The summed E-state index contributed by atoms with van der Waals surface area (Å²) >= 11 is 5.99. The van der Waals surface area contributed by atoms with Crippen molar-refractivity contribution in [3.8, 4) is 5.75 Å². The molecule has 1 N–H and O–H groups in total. The maximum atomic E-state index is 12.9. The fourth-order valence-corrected chi connectivity index (χ4v) is 4.68. The van der Waals surface area contributed by atoms with Crippen LogP contribution in [0.5, 0.6) is 5.75 Å². The molecule has 2 aliphatic heterocycles. The van der Waals surface area contributed by atoms with Crippen molar-refractivity contribution in [2.45, 2.75) is 70.1 Å². The molecule has 3 unspecified atom stereocenters. The van der Waals surface area contributed by atoms with Crippen molar-refractivity contribution in [1.82, 2.24) is 9.80 Å². The molecule has 2 saturated heterocycles. The van der Waals surface area contributed by atoms with Gasteiger partial charge in [0.2, 0.25) is 5.91 Å². The molecule has 1 aromatic rings. The molecule has 2 heterocycles. The zero-order valence-electron chi connectivity index (χ0n) is 17.1. The summed E-state index contributed by atoms with van der Waals surface area (Å²) in [6, 6.07) is 7.89. The summed E-state index contributed by atoms with van der Waals surface area (Å²) in [4.78, 5) is 17.1. The first-order chi connectivity index (χ1) is 13.4. The zero-order chi connectivity index (χ0) is 20.1. The van der Waals surface area contributed by atoms with E-state index in [2.05, 4.69) is 23.6 Å². The highest BCUT2D eigenvalue weighted by Crippen LogP contribution is 2.26. The highest BCUT2D eigenvalue weighted by molar-refractivity contribution is 6.30. The minimum Gasteiger partial charge on any atom is -0.491 e. The lowest BCUT2D eigenvalue weighted by molar-refractivity contribution is -0.138. The standard InChI is InChI=1S/C22H33ClN2O3/c1-17-6-3-7-18(2)25(17)21(26)15-24-12-5-10-22(27,11-13-24)16-28-20-9-4-8-19(23)14-20/h4,8-9,14,17-18,27H,3,5-7,10-13,15-16H2,1-2H3. The van der Waals surface area contributed by atoms with Crippen LogP contribution in [-0.4, -0.2) is 64.7 Å². The second-order valence-corrected chi connectivity index (χ2v) is 8.97. The van der Waals surface area contributed by atoms with Gasteiger partial charge in [0.25, 0.3) is 0 Å². The first kappa shape index (κ1) is 21.4. The number of rotatable bonds is 5. The molecular formula is C22H33ClN2O3. The van der Waals surface area contributed by atoms with Gasteiger partial charge in [0.05, 0.1) is 12.1 Å². The molecule has 3 rings (SSSR count). The Kier molecular flexibility index (Phi) is 7.24. The Bertz CT molecular complexity index is 661. The van der Waals surface area contributed by atoms with Crippen LogP contribution in [0.25, 0.3) is 0 Å². The Balaban J connectivity index is 1.51. The van der Waals surface area contributed by atoms with E-state index >= 15 is 0 Å². The van der Waals surface area contributed by atoms with Gasteiger partial charge in [-0.15, -0.1) is 0 Å². The van der Waals surface area contributed by atoms with Gasteiger partial charge in [-0.25, -0.2) is 0 Å². The molecule has 28 heavy (non-hydrogen) atoms. The van der Waals surface area contributed by atoms with Crippen LogP contribution in [0.2, 0.25) is 5.02 Å². The lowest BCUT2D eigenvalue weighted by atomic mass is 9.96. The van der Waals surface area contributed by atoms with Crippen LogP contribution in [0.4, 0.5) is 0 Å². The SMILES string of the molecule is CC1CCCC(C)N1C(=O)CN1CCCC(O)(COc2cccc(Cl)c2)CC1. The van der Waals surface area contributed by atoms with Crippen molar-refractivity contribution >= 4 is 17.5 Å². The van der Waals surface area contributed by atoms with E-state index < -0.39 is 5.60 Å². The van der Waals surface area contributed by atoms with E-state index in [0.717, 1.165) is 25.8 Å². The summed E-state index contributed by atoms with van der Waals surface area (Å²) in [7, 11) is 0. The molecule has 2 aliphatic rings. The number of carbonyl (C=O) groups is 1. The number of aliphatic hydroxyl groups is 1. The van der Waals surface area contributed by atoms with Crippen molar-refractivity contribution in [2.75, 3.05) is 26.2 Å². The van der Waals surface area contributed by atoms with Crippen LogP contribution in [0.3, 0.4) is 0 Å². The summed E-state index contributed by atoms with van der Waals surface area (Å²) in [5.74, 6) is 0.894. The molecule has 0 aliphatic carbocycles. The summed E-state index contributed by atoms with van der Waals surface area (Å²) in [5, 5.41) is 11.6. The van der Waals surface area contributed by atoms with Crippen LogP contribution in [0.15, 0.2) is 24.3 Å². The average Bonchev–Trinajstić information content (AvgIpc) is 2.82. The number of ether oxygens (including phenoxy) is 1. The van der Waals surface area contributed by atoms with E-state index in [4.69, 9.17) is 16.3 Å². The largest absolute Gasteiger partial charge is 0.491 e. The maximum absolute atomic E-state index is 12.9. The minimum absolute atomic E-state index is 0.223. The Morgan fingerprint density at radius 1 is 1.21 bits per heavy atom. The van der Waals surface area contributed by atoms with Crippen LogP contribution in [0.1, 0.15) is 52.4 Å². The van der Waals surface area contributed by atoms with Crippen LogP contribution >= 0.6 is 11.6 Å². The Morgan fingerprint density at radius 2 is 1.96 bits per heavy atom. The van der Waals surface area contributed by atoms with Gasteiger partial charge in [-0.2, -0.15) is 0 Å². The van der Waals surface area contributed by atoms with E-state index in [0.29, 0.717) is 48.8 Å². The van der Waals surface area contributed by atoms with E-state index in [1.165, 1.54) is 6.42 Å². The van der Waals surface area contributed by atoms with Gasteiger partial charge >= 0.3 is 0 Å². The summed E-state index contributed by atoms with van der Waals surface area (Å²) in [5.41, 5.74) is -0.869. The lowest BCUT2D eigenvalue weighted by Gasteiger charge is -2.40. The molecule has 0 bridgehead atoms. The molecular weight excluding hydrogens is 376 g/mol. The third-order valence-electron chi connectivity index (χ3n) is 6.15. The van der Waals surface area contributed by atoms with Crippen molar-refractivity contribution in [2.24, 2.45) is 0 Å². The number of halogens is 1. The lowest BCUT2D eigenvalue weighted by Crippen LogP contribution is -2.51. The number of benzene rings is 1. The Morgan fingerprint density at radius 3 is 2.68 bits per heavy atom. The van der Waals surface area contributed by atoms with Crippen molar-refractivity contribution in [1.29, 1.82) is 0 Å². The smallest absolute Gasteiger partial charge is 0.237 e. The van der Waals surface area contributed by atoms with Gasteiger partial charge in [-0.1, -0.05) is 17.7 Å². The third kappa shape index (κ3) is 5.62. The van der Waals surface area contributed by atoms with Gasteiger partial charge in [-0.05, 0) is 77.1 Å². The second kappa shape index (κ2) is 9.47. The number of hydrogen-bond acceptors (Lipinski definition) is 4. The predicted molar refractivity (Wildman–Crippen MR) is 112 cm³/mol. The van der Waals surface area contributed by atoms with E-state index in [1.54, 1.807) is 12.1 Å². The second-order valence-electron chi connectivity index (χ2n) is 8.53. The quantitative estimate of drug-likeness (QED) is 0.806. The molecule has 5 nitrogen and oxygen atoms in total. The maximum Gasteiger partial charge on any atom is 0.237 e. The zero-order valence-corrected chi connectivity index (χ0v) is 17.8. The highest BCUT2D eigenvalue weighted by atomic mass is 35.5. The number of carbonyl (C=O) groups excluding carboxylic acids is 1. The normalized spacial score (nSPS) is 29.4. The molecule has 1 amide bonds. The highest BCUT2D eigenvalue weighted by Gasteiger charge is 2.34.